The number of imidazole rings is 1. The van der Waals surface area contributed by atoms with Gasteiger partial charge in [0.15, 0.2) is 0 Å². The molecule has 0 bridgehead atoms. The van der Waals surface area contributed by atoms with Crippen LogP contribution in [0.5, 0.6) is 0 Å². The average molecular weight is 381 g/mol. The van der Waals surface area contributed by atoms with Gasteiger partial charge in [0.1, 0.15) is 9.53 Å². The van der Waals surface area contributed by atoms with Crippen LogP contribution < -0.4 is 0 Å². The predicted molar refractivity (Wildman–Crippen MR) is 69.6 cm³/mol. The Morgan fingerprint density at radius 3 is 2.87 bits per heavy atom. The number of aryl methyl sites for hydroxylation is 3. The normalized spacial score (nSPS) is 10.9. The molecule has 15 heavy (non-hydrogen) atoms. The van der Waals surface area contributed by atoms with Gasteiger partial charge in [0, 0.05) is 38.6 Å². The molecule has 0 amide bonds. The molecular formula is C9H10BrIN4. The van der Waals surface area contributed by atoms with Gasteiger partial charge in [0.2, 0.25) is 0 Å². The van der Waals surface area contributed by atoms with Crippen LogP contribution in [0.15, 0.2) is 23.1 Å². The molecule has 0 aliphatic rings. The summed E-state index contributed by atoms with van der Waals surface area (Å²) in [6, 6.07) is 0. The lowest BCUT2D eigenvalue weighted by molar-refractivity contribution is 0.586. The summed E-state index contributed by atoms with van der Waals surface area (Å²) < 4.78 is 6.00. The van der Waals surface area contributed by atoms with E-state index in [4.69, 9.17) is 0 Å². The molecular weight excluding hydrogens is 371 g/mol. The van der Waals surface area contributed by atoms with Gasteiger partial charge in [-0.15, -0.1) is 0 Å². The highest BCUT2D eigenvalue weighted by molar-refractivity contribution is 14.1. The first-order chi connectivity index (χ1) is 7.16. The molecule has 0 aromatic carbocycles. The maximum atomic E-state index is 4.36. The van der Waals surface area contributed by atoms with Gasteiger partial charge >= 0.3 is 0 Å². The minimum Gasteiger partial charge on any atom is -0.338 e. The highest BCUT2D eigenvalue weighted by Crippen LogP contribution is 2.16. The highest BCUT2D eigenvalue weighted by Gasteiger charge is 2.04. The largest absolute Gasteiger partial charge is 0.338 e. The molecule has 0 atom stereocenters. The van der Waals surface area contributed by atoms with Crippen LogP contribution >= 0.6 is 38.5 Å². The molecule has 0 fully saturated rings. The Morgan fingerprint density at radius 2 is 2.33 bits per heavy atom. The van der Waals surface area contributed by atoms with E-state index in [1.165, 1.54) is 0 Å². The third-order valence-electron chi connectivity index (χ3n) is 2.16. The summed E-state index contributed by atoms with van der Waals surface area (Å²) in [6.07, 6.45) is 6.66. The van der Waals surface area contributed by atoms with Crippen molar-refractivity contribution in [2.75, 3.05) is 0 Å². The van der Waals surface area contributed by atoms with Crippen molar-refractivity contribution in [1.29, 1.82) is 0 Å². The summed E-state index contributed by atoms with van der Waals surface area (Å²) in [5.41, 5.74) is 0. The van der Waals surface area contributed by atoms with Gasteiger partial charge < -0.3 is 4.57 Å². The van der Waals surface area contributed by atoms with Crippen LogP contribution in [0.25, 0.3) is 0 Å². The van der Waals surface area contributed by atoms with Crippen molar-refractivity contribution in [2.45, 2.75) is 13.0 Å². The van der Waals surface area contributed by atoms with Crippen molar-refractivity contribution in [3.63, 3.8) is 0 Å². The van der Waals surface area contributed by atoms with E-state index < -0.39 is 0 Å². The van der Waals surface area contributed by atoms with Gasteiger partial charge in [-0.3, -0.25) is 4.68 Å². The van der Waals surface area contributed by atoms with Gasteiger partial charge in [-0.2, -0.15) is 5.10 Å². The van der Waals surface area contributed by atoms with E-state index in [2.05, 4.69) is 48.6 Å². The molecule has 0 N–H and O–H groups in total. The van der Waals surface area contributed by atoms with Crippen molar-refractivity contribution in [3.05, 3.63) is 32.6 Å². The van der Waals surface area contributed by atoms with E-state index in [9.17, 15) is 0 Å². The molecule has 0 radical (unpaired) electrons. The first-order valence-electron chi connectivity index (χ1n) is 4.51. The lowest BCUT2D eigenvalue weighted by Gasteiger charge is -2.01. The summed E-state index contributed by atoms with van der Waals surface area (Å²) in [6.45, 7) is 0.854. The Labute approximate surface area is 110 Å². The molecule has 0 saturated carbocycles. The third-order valence-corrected chi connectivity index (χ3v) is 4.28. The van der Waals surface area contributed by atoms with E-state index in [0.717, 1.165) is 27.0 Å². The lowest BCUT2D eigenvalue weighted by Crippen LogP contribution is -2.06. The second kappa shape index (κ2) is 4.65. The summed E-state index contributed by atoms with van der Waals surface area (Å²) in [4.78, 5) is 4.27. The van der Waals surface area contributed by atoms with Crippen LogP contribution in [0.3, 0.4) is 0 Å². The fourth-order valence-electron chi connectivity index (χ4n) is 1.34. The first kappa shape index (κ1) is 11.1. The van der Waals surface area contributed by atoms with Crippen molar-refractivity contribution < 1.29 is 0 Å². The smallest absolute Gasteiger partial charge is 0.137 e. The Balaban J connectivity index is 2.02. The molecule has 0 saturated heterocycles. The van der Waals surface area contributed by atoms with Crippen molar-refractivity contribution in [1.82, 2.24) is 19.3 Å². The van der Waals surface area contributed by atoms with E-state index >= 15 is 0 Å². The predicted octanol–water partition coefficient (Wildman–Crippen LogP) is 2.23. The van der Waals surface area contributed by atoms with Crippen LogP contribution in [0.1, 0.15) is 5.82 Å². The van der Waals surface area contributed by atoms with Crippen molar-refractivity contribution >= 4 is 38.5 Å². The van der Waals surface area contributed by atoms with Crippen LogP contribution in [0.4, 0.5) is 0 Å². The SMILES string of the molecule is Cn1ccnc1CCn1cc(Br)c(I)n1. The number of aromatic nitrogens is 4. The van der Waals surface area contributed by atoms with Crippen LogP contribution in [0, 0.1) is 3.70 Å². The molecule has 80 valence electrons. The Hall–Kier alpha value is -0.370. The molecule has 6 heteroatoms. The minimum atomic E-state index is 0.854. The molecule has 2 rings (SSSR count). The number of rotatable bonds is 3. The second-order valence-electron chi connectivity index (χ2n) is 3.24. The molecule has 0 spiro atoms. The van der Waals surface area contributed by atoms with Gasteiger partial charge in [0.25, 0.3) is 0 Å². The maximum Gasteiger partial charge on any atom is 0.137 e. The fraction of sp³-hybridized carbons (Fsp3) is 0.333. The number of hydrogen-bond donors (Lipinski definition) is 0. The van der Waals surface area contributed by atoms with Crippen molar-refractivity contribution in [2.24, 2.45) is 7.05 Å². The van der Waals surface area contributed by atoms with Gasteiger partial charge in [0.05, 0.1) is 4.47 Å². The zero-order chi connectivity index (χ0) is 10.8. The molecule has 0 aliphatic heterocycles. The van der Waals surface area contributed by atoms with E-state index in [1.54, 1.807) is 0 Å². The Kier molecular flexibility index (Phi) is 3.45. The number of halogens is 2. The molecule has 2 aromatic heterocycles. The molecule has 2 heterocycles. The lowest BCUT2D eigenvalue weighted by atomic mass is 10.4. The second-order valence-corrected chi connectivity index (χ2v) is 5.11. The summed E-state index contributed by atoms with van der Waals surface area (Å²) in [5.74, 6) is 1.08. The summed E-state index contributed by atoms with van der Waals surface area (Å²) in [5, 5.41) is 4.36. The van der Waals surface area contributed by atoms with Gasteiger partial charge in [-0.1, -0.05) is 0 Å². The molecule has 0 unspecified atom stereocenters. The fourth-order valence-corrected chi connectivity index (χ4v) is 2.07. The molecule has 2 aromatic rings. The van der Waals surface area contributed by atoms with Crippen LogP contribution in [0.2, 0.25) is 0 Å². The van der Waals surface area contributed by atoms with Crippen LogP contribution in [-0.4, -0.2) is 19.3 Å². The zero-order valence-corrected chi connectivity index (χ0v) is 11.9. The Bertz CT molecular complexity index is 443. The summed E-state index contributed by atoms with van der Waals surface area (Å²) in [7, 11) is 2.01. The van der Waals surface area contributed by atoms with E-state index in [-0.39, 0.29) is 0 Å². The average Bonchev–Trinajstić information content (AvgIpc) is 2.72. The molecule has 0 aliphatic carbocycles. The summed E-state index contributed by atoms with van der Waals surface area (Å²) >= 11 is 5.64. The quantitative estimate of drug-likeness (QED) is 0.765. The highest BCUT2D eigenvalue weighted by atomic mass is 127. The monoisotopic (exact) mass is 380 g/mol. The third kappa shape index (κ3) is 2.60. The topological polar surface area (TPSA) is 35.6 Å². The van der Waals surface area contributed by atoms with Crippen LogP contribution in [-0.2, 0) is 20.0 Å². The van der Waals surface area contributed by atoms with E-state index in [1.807, 2.05) is 34.9 Å². The number of nitrogens with zero attached hydrogens (tertiary/aromatic N) is 4. The maximum absolute atomic E-state index is 4.36. The van der Waals surface area contributed by atoms with Crippen molar-refractivity contribution in [3.8, 4) is 0 Å². The number of hydrogen-bond acceptors (Lipinski definition) is 2. The molecule has 4 nitrogen and oxygen atoms in total. The van der Waals surface area contributed by atoms with E-state index in [0.29, 0.717) is 0 Å². The minimum absolute atomic E-state index is 0.854. The Morgan fingerprint density at radius 1 is 1.53 bits per heavy atom. The first-order valence-corrected chi connectivity index (χ1v) is 6.38. The van der Waals surface area contributed by atoms with Gasteiger partial charge in [-0.25, -0.2) is 4.98 Å². The standard InChI is InChI=1S/C9H10BrIN4/c1-14-5-3-12-8(14)2-4-15-6-7(10)9(11)13-15/h3,5-6H,2,4H2,1H3. The van der Waals surface area contributed by atoms with Gasteiger partial charge in [-0.05, 0) is 38.5 Å². The zero-order valence-electron chi connectivity index (χ0n) is 8.19.